The van der Waals surface area contributed by atoms with Crippen molar-refractivity contribution in [3.8, 4) is 0 Å². The van der Waals surface area contributed by atoms with Gasteiger partial charge in [-0.2, -0.15) is 0 Å². The van der Waals surface area contributed by atoms with E-state index in [0.29, 0.717) is 21.2 Å². The van der Waals surface area contributed by atoms with Crippen molar-refractivity contribution in [3.63, 3.8) is 0 Å². The molecule has 0 aliphatic carbocycles. The summed E-state index contributed by atoms with van der Waals surface area (Å²) in [5.41, 5.74) is 0.994. The molecule has 0 spiro atoms. The Bertz CT molecular complexity index is 648. The summed E-state index contributed by atoms with van der Waals surface area (Å²) in [7, 11) is 0. The molecule has 2 aromatic carbocycles. The molecule has 1 atom stereocenters. The first-order chi connectivity index (χ1) is 9.97. The zero-order chi connectivity index (χ0) is 15.4. The minimum absolute atomic E-state index is 0.113. The molecule has 0 aromatic heterocycles. The summed E-state index contributed by atoms with van der Waals surface area (Å²) in [6.45, 7) is 0. The number of rotatable bonds is 5. The summed E-state index contributed by atoms with van der Waals surface area (Å²) in [6.07, 6.45) is -0.113. The van der Waals surface area contributed by atoms with Crippen molar-refractivity contribution in [2.45, 2.75) is 12.3 Å². The minimum atomic E-state index is -1.04. The molecule has 0 amide bonds. The predicted molar refractivity (Wildman–Crippen MR) is 82.2 cm³/mol. The lowest BCUT2D eigenvalue weighted by molar-refractivity contribution is -0.138. The highest BCUT2D eigenvalue weighted by Gasteiger charge is 2.23. The molecular weight excluding hydrogens is 311 g/mol. The van der Waals surface area contributed by atoms with Gasteiger partial charge in [0, 0.05) is 22.0 Å². The smallest absolute Gasteiger partial charge is 0.311 e. The van der Waals surface area contributed by atoms with E-state index < -0.39 is 11.9 Å². The van der Waals surface area contributed by atoms with Gasteiger partial charge in [-0.15, -0.1) is 0 Å². The highest BCUT2D eigenvalue weighted by Crippen LogP contribution is 2.24. The largest absolute Gasteiger partial charge is 0.481 e. The summed E-state index contributed by atoms with van der Waals surface area (Å²) in [6, 6.07) is 12.8. The average molecular weight is 323 g/mol. The van der Waals surface area contributed by atoms with Gasteiger partial charge in [0.1, 0.15) is 0 Å². The van der Waals surface area contributed by atoms with Gasteiger partial charge >= 0.3 is 5.97 Å². The fourth-order valence-corrected chi connectivity index (χ4v) is 2.23. The monoisotopic (exact) mass is 322 g/mol. The molecule has 0 bridgehead atoms. The van der Waals surface area contributed by atoms with Crippen LogP contribution in [0.1, 0.15) is 28.3 Å². The second kappa shape index (κ2) is 6.74. The van der Waals surface area contributed by atoms with Gasteiger partial charge in [0.25, 0.3) is 0 Å². The lowest BCUT2D eigenvalue weighted by Gasteiger charge is -2.12. The topological polar surface area (TPSA) is 54.4 Å². The van der Waals surface area contributed by atoms with E-state index in [9.17, 15) is 14.7 Å². The number of benzene rings is 2. The fraction of sp³-hybridized carbons (Fsp3) is 0.125. The van der Waals surface area contributed by atoms with Crippen molar-refractivity contribution in [3.05, 3.63) is 69.7 Å². The fourth-order valence-electron chi connectivity index (χ4n) is 1.98. The van der Waals surface area contributed by atoms with Crippen molar-refractivity contribution in [2.75, 3.05) is 0 Å². The number of carbonyl (C=O) groups is 2. The molecule has 0 saturated carbocycles. The summed E-state index contributed by atoms with van der Waals surface area (Å²) >= 11 is 11.6. The quantitative estimate of drug-likeness (QED) is 0.828. The van der Waals surface area contributed by atoms with Crippen molar-refractivity contribution >= 4 is 35.0 Å². The maximum atomic E-state index is 12.2. The Morgan fingerprint density at radius 2 is 1.38 bits per heavy atom. The molecule has 0 fully saturated rings. The van der Waals surface area contributed by atoms with Gasteiger partial charge in [-0.3, -0.25) is 9.59 Å². The summed E-state index contributed by atoms with van der Waals surface area (Å²) in [5.74, 6) is -2.18. The highest BCUT2D eigenvalue weighted by atomic mass is 35.5. The van der Waals surface area contributed by atoms with Crippen LogP contribution >= 0.6 is 23.2 Å². The second-order valence-corrected chi connectivity index (χ2v) is 5.45. The Morgan fingerprint density at radius 3 is 1.86 bits per heavy atom. The maximum absolute atomic E-state index is 12.2. The van der Waals surface area contributed by atoms with E-state index in [1.807, 2.05) is 0 Å². The van der Waals surface area contributed by atoms with Crippen LogP contribution in [0.25, 0.3) is 0 Å². The second-order valence-electron chi connectivity index (χ2n) is 4.58. The zero-order valence-corrected chi connectivity index (χ0v) is 12.4. The van der Waals surface area contributed by atoms with Gasteiger partial charge < -0.3 is 5.11 Å². The molecule has 0 radical (unpaired) electrons. The number of hydrogen-bond donors (Lipinski definition) is 1. The van der Waals surface area contributed by atoms with Crippen LogP contribution in [0.15, 0.2) is 48.5 Å². The van der Waals surface area contributed by atoms with Gasteiger partial charge in [0.15, 0.2) is 5.78 Å². The number of carbonyl (C=O) groups excluding carboxylic acids is 1. The Balaban J connectivity index is 2.20. The summed E-state index contributed by atoms with van der Waals surface area (Å²) in [4.78, 5) is 23.6. The van der Waals surface area contributed by atoms with E-state index in [0.717, 1.165) is 0 Å². The highest BCUT2D eigenvalue weighted by molar-refractivity contribution is 6.30. The summed E-state index contributed by atoms with van der Waals surface area (Å²) in [5, 5.41) is 10.4. The summed E-state index contributed by atoms with van der Waals surface area (Å²) < 4.78 is 0. The number of carboxylic acids is 1. The van der Waals surface area contributed by atoms with Crippen LogP contribution in [0, 0.1) is 0 Å². The third-order valence-electron chi connectivity index (χ3n) is 3.13. The third-order valence-corrected chi connectivity index (χ3v) is 3.63. The van der Waals surface area contributed by atoms with Gasteiger partial charge in [0.05, 0.1) is 5.92 Å². The third kappa shape index (κ3) is 4.06. The van der Waals surface area contributed by atoms with E-state index in [1.165, 1.54) is 0 Å². The normalized spacial score (nSPS) is 11.9. The van der Waals surface area contributed by atoms with Gasteiger partial charge in [0.2, 0.25) is 0 Å². The molecule has 0 aliphatic rings. The molecule has 0 saturated heterocycles. The van der Waals surface area contributed by atoms with E-state index in [4.69, 9.17) is 23.2 Å². The van der Waals surface area contributed by atoms with E-state index >= 15 is 0 Å². The molecule has 1 N–H and O–H groups in total. The molecule has 108 valence electrons. The standard InChI is InChI=1S/C16H12Cl2O3/c17-12-5-1-10(2-6-12)14(16(20)21)9-15(19)11-3-7-13(18)8-4-11/h1-8,14H,9H2,(H,20,21). The first kappa shape index (κ1) is 15.5. The van der Waals surface area contributed by atoms with Crippen LogP contribution < -0.4 is 0 Å². The molecule has 5 heteroatoms. The SMILES string of the molecule is O=C(CC(C(=O)O)c1ccc(Cl)cc1)c1ccc(Cl)cc1. The molecule has 0 aliphatic heterocycles. The van der Waals surface area contributed by atoms with Crippen LogP contribution in [-0.2, 0) is 4.79 Å². The van der Waals surface area contributed by atoms with E-state index in [1.54, 1.807) is 48.5 Å². The van der Waals surface area contributed by atoms with Gasteiger partial charge in [-0.25, -0.2) is 0 Å². The van der Waals surface area contributed by atoms with Gasteiger partial charge in [-0.05, 0) is 42.0 Å². The lowest BCUT2D eigenvalue weighted by atomic mass is 9.92. The lowest BCUT2D eigenvalue weighted by Crippen LogP contribution is -2.16. The van der Waals surface area contributed by atoms with Crippen molar-refractivity contribution in [1.82, 2.24) is 0 Å². The Kier molecular flexibility index (Phi) is 4.99. The predicted octanol–water partition coefficient (Wildman–Crippen LogP) is 4.43. The number of halogens is 2. The first-order valence-corrected chi connectivity index (χ1v) is 7.00. The minimum Gasteiger partial charge on any atom is -0.481 e. The molecule has 21 heavy (non-hydrogen) atoms. The number of ketones is 1. The van der Waals surface area contributed by atoms with Crippen LogP contribution in [0.2, 0.25) is 10.0 Å². The molecular formula is C16H12Cl2O3. The Labute approximate surface area is 132 Å². The van der Waals surface area contributed by atoms with Crippen molar-refractivity contribution in [1.29, 1.82) is 0 Å². The van der Waals surface area contributed by atoms with Gasteiger partial charge in [-0.1, -0.05) is 35.3 Å². The van der Waals surface area contributed by atoms with Crippen LogP contribution in [0.5, 0.6) is 0 Å². The Hall–Kier alpha value is -1.84. The van der Waals surface area contributed by atoms with Crippen molar-refractivity contribution in [2.24, 2.45) is 0 Å². The van der Waals surface area contributed by atoms with Crippen molar-refractivity contribution < 1.29 is 14.7 Å². The molecule has 3 nitrogen and oxygen atoms in total. The van der Waals surface area contributed by atoms with Crippen LogP contribution in [0.4, 0.5) is 0 Å². The zero-order valence-electron chi connectivity index (χ0n) is 10.9. The van der Waals surface area contributed by atoms with Crippen LogP contribution in [0.3, 0.4) is 0 Å². The molecule has 1 unspecified atom stereocenters. The number of carboxylic acid groups (broad SMARTS) is 1. The first-order valence-electron chi connectivity index (χ1n) is 6.24. The van der Waals surface area contributed by atoms with E-state index in [-0.39, 0.29) is 12.2 Å². The number of Topliss-reactive ketones (excluding diaryl/α,β-unsaturated/α-hetero) is 1. The Morgan fingerprint density at radius 1 is 0.905 bits per heavy atom. The molecule has 2 aromatic rings. The van der Waals surface area contributed by atoms with Crippen LogP contribution in [-0.4, -0.2) is 16.9 Å². The number of hydrogen-bond acceptors (Lipinski definition) is 2. The molecule has 2 rings (SSSR count). The average Bonchev–Trinajstić information content (AvgIpc) is 2.46. The maximum Gasteiger partial charge on any atom is 0.311 e. The van der Waals surface area contributed by atoms with E-state index in [2.05, 4.69) is 0 Å². The molecule has 0 heterocycles. The number of aliphatic carboxylic acids is 1.